The predicted molar refractivity (Wildman–Crippen MR) is 68.4 cm³/mol. The molecule has 0 spiro atoms. The molecular weight excluding hydrogens is 198 g/mol. The number of nitrogens with zero attached hydrogens (tertiary/aromatic N) is 2. The van der Waals surface area contributed by atoms with Crippen LogP contribution in [0.4, 0.5) is 0 Å². The van der Waals surface area contributed by atoms with Gasteiger partial charge >= 0.3 is 0 Å². The van der Waals surface area contributed by atoms with Crippen molar-refractivity contribution in [2.45, 2.75) is 58.4 Å². The summed E-state index contributed by atoms with van der Waals surface area (Å²) in [5.41, 5.74) is 6.76. The van der Waals surface area contributed by atoms with E-state index in [-0.39, 0.29) is 0 Å². The van der Waals surface area contributed by atoms with Gasteiger partial charge in [-0.1, -0.05) is 39.0 Å². The zero-order valence-electron chi connectivity index (χ0n) is 10.5. The zero-order valence-corrected chi connectivity index (χ0v) is 10.5. The fraction of sp³-hybridized carbons (Fsp3) is 0.769. The van der Waals surface area contributed by atoms with E-state index in [9.17, 15) is 0 Å². The molecule has 3 nitrogen and oxygen atoms in total. The third kappa shape index (κ3) is 5.31. The molecule has 3 heteroatoms. The second-order valence-electron chi connectivity index (χ2n) is 4.42. The van der Waals surface area contributed by atoms with Gasteiger partial charge in [-0.05, 0) is 24.9 Å². The number of unbranched alkanes of at least 4 members (excludes halogenated alkanes) is 5. The first kappa shape index (κ1) is 13.2. The van der Waals surface area contributed by atoms with Crippen molar-refractivity contribution in [3.63, 3.8) is 0 Å². The van der Waals surface area contributed by atoms with E-state index in [0.717, 1.165) is 13.0 Å². The van der Waals surface area contributed by atoms with Gasteiger partial charge in [0.2, 0.25) is 0 Å². The first-order chi connectivity index (χ1) is 7.86. The van der Waals surface area contributed by atoms with Gasteiger partial charge in [0.1, 0.15) is 0 Å². The first-order valence-electron chi connectivity index (χ1n) is 6.58. The average molecular weight is 223 g/mol. The lowest BCUT2D eigenvalue weighted by atomic mass is 10.1. The Morgan fingerprint density at radius 1 is 1.19 bits per heavy atom. The van der Waals surface area contributed by atoms with Gasteiger partial charge in [-0.25, -0.2) is 0 Å². The normalized spacial score (nSPS) is 10.9. The molecule has 0 bridgehead atoms. The van der Waals surface area contributed by atoms with E-state index in [4.69, 9.17) is 5.73 Å². The van der Waals surface area contributed by atoms with Crippen molar-refractivity contribution in [2.24, 2.45) is 5.73 Å². The van der Waals surface area contributed by atoms with Gasteiger partial charge in [-0.15, -0.1) is 0 Å². The summed E-state index contributed by atoms with van der Waals surface area (Å²) in [5.74, 6) is 0. The van der Waals surface area contributed by atoms with Gasteiger partial charge < -0.3 is 5.73 Å². The molecule has 0 aliphatic rings. The maximum absolute atomic E-state index is 5.50. The second-order valence-corrected chi connectivity index (χ2v) is 4.42. The topological polar surface area (TPSA) is 43.8 Å². The van der Waals surface area contributed by atoms with Crippen molar-refractivity contribution in [3.8, 4) is 0 Å². The van der Waals surface area contributed by atoms with Crippen LogP contribution in [0.2, 0.25) is 0 Å². The predicted octanol–water partition coefficient (Wildman–Crippen LogP) is 2.74. The molecule has 0 saturated heterocycles. The summed E-state index contributed by atoms with van der Waals surface area (Å²) in [6, 6.07) is 0. The van der Waals surface area contributed by atoms with Gasteiger partial charge in [0, 0.05) is 12.7 Å². The Kier molecular flexibility index (Phi) is 6.90. The van der Waals surface area contributed by atoms with Crippen LogP contribution in [0.1, 0.15) is 51.0 Å². The standard InChI is InChI=1S/C13H25N3/c1-2-3-4-5-6-7-10-16-12-13(8-9-14)11-15-16/h11-12H,2-10,14H2,1H3. The zero-order chi connectivity index (χ0) is 11.6. The molecule has 0 atom stereocenters. The minimum Gasteiger partial charge on any atom is -0.330 e. The summed E-state index contributed by atoms with van der Waals surface area (Å²) in [6.07, 6.45) is 13.0. The minimum atomic E-state index is 0.711. The van der Waals surface area contributed by atoms with Crippen molar-refractivity contribution in [1.82, 2.24) is 9.78 Å². The lowest BCUT2D eigenvalue weighted by Gasteiger charge is -2.01. The Hall–Kier alpha value is -0.830. The molecule has 1 rings (SSSR count). The fourth-order valence-corrected chi connectivity index (χ4v) is 1.88. The summed E-state index contributed by atoms with van der Waals surface area (Å²) in [5, 5.41) is 4.33. The van der Waals surface area contributed by atoms with Crippen molar-refractivity contribution in [2.75, 3.05) is 6.54 Å². The minimum absolute atomic E-state index is 0.711. The van der Waals surface area contributed by atoms with E-state index in [2.05, 4.69) is 18.2 Å². The molecule has 0 aromatic carbocycles. The quantitative estimate of drug-likeness (QED) is 0.654. The average Bonchev–Trinajstić information content (AvgIpc) is 2.72. The number of aromatic nitrogens is 2. The molecule has 0 saturated carbocycles. The highest BCUT2D eigenvalue weighted by atomic mass is 15.3. The van der Waals surface area contributed by atoms with Crippen molar-refractivity contribution in [3.05, 3.63) is 18.0 Å². The number of hydrogen-bond donors (Lipinski definition) is 1. The molecule has 0 aliphatic heterocycles. The number of aryl methyl sites for hydroxylation is 1. The van der Waals surface area contributed by atoms with E-state index in [0.29, 0.717) is 6.54 Å². The maximum Gasteiger partial charge on any atom is 0.0522 e. The third-order valence-corrected chi connectivity index (χ3v) is 2.86. The van der Waals surface area contributed by atoms with Crippen molar-refractivity contribution < 1.29 is 0 Å². The number of hydrogen-bond acceptors (Lipinski definition) is 2. The van der Waals surface area contributed by atoms with Crippen LogP contribution in [0.3, 0.4) is 0 Å². The van der Waals surface area contributed by atoms with Gasteiger partial charge in [-0.2, -0.15) is 5.10 Å². The smallest absolute Gasteiger partial charge is 0.0522 e. The van der Waals surface area contributed by atoms with Crippen LogP contribution in [0.15, 0.2) is 12.4 Å². The Morgan fingerprint density at radius 2 is 1.94 bits per heavy atom. The first-order valence-corrected chi connectivity index (χ1v) is 6.58. The Bertz CT molecular complexity index is 268. The molecule has 0 radical (unpaired) electrons. The largest absolute Gasteiger partial charge is 0.330 e. The van der Waals surface area contributed by atoms with E-state index >= 15 is 0 Å². The van der Waals surface area contributed by atoms with Gasteiger partial charge in [-0.3, -0.25) is 4.68 Å². The lowest BCUT2D eigenvalue weighted by Crippen LogP contribution is -2.02. The SMILES string of the molecule is CCCCCCCCn1cc(CCN)cn1. The van der Waals surface area contributed by atoms with E-state index in [1.54, 1.807) is 0 Å². The van der Waals surface area contributed by atoms with Gasteiger partial charge in [0.15, 0.2) is 0 Å². The summed E-state index contributed by atoms with van der Waals surface area (Å²) < 4.78 is 2.05. The van der Waals surface area contributed by atoms with Crippen LogP contribution in [-0.4, -0.2) is 16.3 Å². The molecule has 0 amide bonds. The van der Waals surface area contributed by atoms with E-state index in [1.807, 2.05) is 10.9 Å². The summed E-state index contributed by atoms with van der Waals surface area (Å²) in [6.45, 7) is 4.02. The van der Waals surface area contributed by atoms with Gasteiger partial charge in [0.05, 0.1) is 6.20 Å². The summed E-state index contributed by atoms with van der Waals surface area (Å²) in [4.78, 5) is 0. The van der Waals surface area contributed by atoms with Crippen molar-refractivity contribution in [1.29, 1.82) is 0 Å². The number of nitrogens with two attached hydrogens (primary N) is 1. The van der Waals surface area contributed by atoms with Crippen LogP contribution in [-0.2, 0) is 13.0 Å². The van der Waals surface area contributed by atoms with Gasteiger partial charge in [0.25, 0.3) is 0 Å². The molecule has 0 fully saturated rings. The van der Waals surface area contributed by atoms with Crippen LogP contribution in [0.25, 0.3) is 0 Å². The van der Waals surface area contributed by atoms with E-state index < -0.39 is 0 Å². The molecule has 1 heterocycles. The molecule has 0 aliphatic carbocycles. The van der Waals surface area contributed by atoms with Crippen LogP contribution in [0, 0.1) is 0 Å². The van der Waals surface area contributed by atoms with Crippen molar-refractivity contribution >= 4 is 0 Å². The molecule has 1 aromatic rings. The molecule has 16 heavy (non-hydrogen) atoms. The summed E-state index contributed by atoms with van der Waals surface area (Å²) >= 11 is 0. The molecular formula is C13H25N3. The lowest BCUT2D eigenvalue weighted by molar-refractivity contribution is 0.527. The summed E-state index contributed by atoms with van der Waals surface area (Å²) in [7, 11) is 0. The molecule has 92 valence electrons. The maximum atomic E-state index is 5.50. The third-order valence-electron chi connectivity index (χ3n) is 2.86. The second kappa shape index (κ2) is 8.34. The van der Waals surface area contributed by atoms with Crippen LogP contribution >= 0.6 is 0 Å². The Morgan fingerprint density at radius 3 is 2.69 bits per heavy atom. The van der Waals surface area contributed by atoms with E-state index in [1.165, 1.54) is 44.1 Å². The van der Waals surface area contributed by atoms with Crippen LogP contribution < -0.4 is 5.73 Å². The highest BCUT2D eigenvalue weighted by Crippen LogP contribution is 2.06. The number of rotatable bonds is 9. The highest BCUT2D eigenvalue weighted by molar-refractivity contribution is 5.03. The fourth-order valence-electron chi connectivity index (χ4n) is 1.88. The molecule has 1 aromatic heterocycles. The Balaban J connectivity index is 2.07. The Labute approximate surface area is 99.0 Å². The highest BCUT2D eigenvalue weighted by Gasteiger charge is 1.97. The molecule has 2 N–H and O–H groups in total. The molecule has 0 unspecified atom stereocenters. The van der Waals surface area contributed by atoms with Crippen LogP contribution in [0.5, 0.6) is 0 Å². The monoisotopic (exact) mass is 223 g/mol.